The van der Waals surface area contributed by atoms with Gasteiger partial charge < -0.3 is 24.3 Å². The van der Waals surface area contributed by atoms with E-state index >= 15 is 0 Å². The summed E-state index contributed by atoms with van der Waals surface area (Å²) in [5, 5.41) is 13.3. The van der Waals surface area contributed by atoms with Gasteiger partial charge in [-0.3, -0.25) is 0 Å². The van der Waals surface area contributed by atoms with E-state index in [0.717, 1.165) is 17.7 Å². The van der Waals surface area contributed by atoms with Gasteiger partial charge >= 0.3 is 0 Å². The Morgan fingerprint density at radius 3 is 3.00 bits per heavy atom. The highest BCUT2D eigenvalue weighted by molar-refractivity contribution is 5.45. The van der Waals surface area contributed by atoms with Crippen molar-refractivity contribution in [2.24, 2.45) is 0 Å². The third kappa shape index (κ3) is 3.17. The molecule has 1 aromatic carbocycles. The Morgan fingerprint density at radius 2 is 2.19 bits per heavy atom. The zero-order chi connectivity index (χ0) is 14.7. The van der Waals surface area contributed by atoms with Crippen LogP contribution in [0.4, 0.5) is 0 Å². The lowest BCUT2D eigenvalue weighted by molar-refractivity contribution is 0.169. The predicted octanol–water partition coefficient (Wildman–Crippen LogP) is 1.79. The van der Waals surface area contributed by atoms with E-state index in [1.165, 1.54) is 0 Å². The number of hydrogen-bond acceptors (Lipinski definition) is 6. The zero-order valence-corrected chi connectivity index (χ0v) is 11.8. The van der Waals surface area contributed by atoms with Crippen molar-refractivity contribution in [3.05, 3.63) is 41.6 Å². The maximum absolute atomic E-state index is 10.2. The molecule has 2 N–H and O–H groups in total. The number of ether oxygens (including phenoxy) is 2. The van der Waals surface area contributed by atoms with Gasteiger partial charge in [0.15, 0.2) is 11.5 Å². The summed E-state index contributed by atoms with van der Waals surface area (Å²) < 4.78 is 16.0. The van der Waals surface area contributed by atoms with Crippen LogP contribution in [0.5, 0.6) is 11.5 Å². The minimum atomic E-state index is -0.625. The van der Waals surface area contributed by atoms with Crippen molar-refractivity contribution < 1.29 is 19.0 Å². The molecule has 2 aromatic rings. The lowest BCUT2D eigenvalue weighted by Gasteiger charge is -2.12. The second kappa shape index (κ2) is 6.15. The maximum Gasteiger partial charge on any atom is 0.231 e. The first-order chi connectivity index (χ1) is 10.3. The third-order valence-corrected chi connectivity index (χ3v) is 3.35. The molecule has 112 valence electrons. The molecule has 0 fully saturated rings. The van der Waals surface area contributed by atoms with Crippen LogP contribution < -0.4 is 14.8 Å². The SMILES string of the molecule is CCc1cnc(CNCC(O)c2ccc3c(c2)OCO3)o1. The predicted molar refractivity (Wildman–Crippen MR) is 75.1 cm³/mol. The number of hydrogen-bond donors (Lipinski definition) is 2. The van der Waals surface area contributed by atoms with Gasteiger partial charge in [-0.15, -0.1) is 0 Å². The number of nitrogens with one attached hydrogen (secondary N) is 1. The normalized spacial score (nSPS) is 14.4. The fourth-order valence-corrected chi connectivity index (χ4v) is 2.15. The smallest absolute Gasteiger partial charge is 0.231 e. The maximum atomic E-state index is 10.2. The highest BCUT2D eigenvalue weighted by atomic mass is 16.7. The Morgan fingerprint density at radius 1 is 1.33 bits per heavy atom. The minimum absolute atomic E-state index is 0.233. The van der Waals surface area contributed by atoms with Crippen molar-refractivity contribution in [1.29, 1.82) is 0 Å². The lowest BCUT2D eigenvalue weighted by Crippen LogP contribution is -2.21. The van der Waals surface area contributed by atoms with Crippen LogP contribution in [-0.4, -0.2) is 23.4 Å². The van der Waals surface area contributed by atoms with Crippen molar-refractivity contribution in [3.63, 3.8) is 0 Å². The Labute approximate surface area is 122 Å². The number of nitrogens with zero attached hydrogens (tertiary/aromatic N) is 1. The molecule has 6 heteroatoms. The van der Waals surface area contributed by atoms with Gasteiger partial charge in [0.2, 0.25) is 12.7 Å². The number of aryl methyl sites for hydroxylation is 1. The Bertz CT molecular complexity index is 611. The van der Waals surface area contributed by atoms with E-state index < -0.39 is 6.10 Å². The topological polar surface area (TPSA) is 76.8 Å². The van der Waals surface area contributed by atoms with Gasteiger partial charge in [0.25, 0.3) is 0 Å². The van der Waals surface area contributed by atoms with Gasteiger partial charge in [-0.2, -0.15) is 0 Å². The Balaban J connectivity index is 1.53. The van der Waals surface area contributed by atoms with E-state index in [4.69, 9.17) is 13.9 Å². The summed E-state index contributed by atoms with van der Waals surface area (Å²) >= 11 is 0. The molecule has 0 saturated carbocycles. The van der Waals surface area contributed by atoms with E-state index in [1.807, 2.05) is 19.1 Å². The largest absolute Gasteiger partial charge is 0.454 e. The summed E-state index contributed by atoms with van der Waals surface area (Å²) in [6, 6.07) is 5.44. The molecule has 1 unspecified atom stereocenters. The van der Waals surface area contributed by atoms with Crippen LogP contribution in [0.15, 0.2) is 28.8 Å². The van der Waals surface area contributed by atoms with Gasteiger partial charge in [-0.1, -0.05) is 13.0 Å². The molecule has 1 atom stereocenters. The second-order valence-corrected chi connectivity index (χ2v) is 4.83. The van der Waals surface area contributed by atoms with Crippen LogP contribution in [0.2, 0.25) is 0 Å². The molecule has 2 heterocycles. The lowest BCUT2D eigenvalue weighted by atomic mass is 10.1. The number of aliphatic hydroxyl groups excluding tert-OH is 1. The van der Waals surface area contributed by atoms with Crippen LogP contribution in [0, 0.1) is 0 Å². The monoisotopic (exact) mass is 290 g/mol. The van der Waals surface area contributed by atoms with Crippen molar-refractivity contribution >= 4 is 0 Å². The molecular formula is C15H18N2O4. The minimum Gasteiger partial charge on any atom is -0.454 e. The molecule has 0 saturated heterocycles. The third-order valence-electron chi connectivity index (χ3n) is 3.35. The summed E-state index contributed by atoms with van der Waals surface area (Å²) in [5.41, 5.74) is 0.786. The highest BCUT2D eigenvalue weighted by Crippen LogP contribution is 2.34. The van der Waals surface area contributed by atoms with Crippen molar-refractivity contribution in [3.8, 4) is 11.5 Å². The number of fused-ring (bicyclic) bond motifs is 1. The van der Waals surface area contributed by atoms with E-state index in [9.17, 15) is 5.11 Å². The van der Waals surface area contributed by atoms with Crippen molar-refractivity contribution in [2.75, 3.05) is 13.3 Å². The molecule has 21 heavy (non-hydrogen) atoms. The molecule has 3 rings (SSSR count). The average molecular weight is 290 g/mol. The van der Waals surface area contributed by atoms with Gasteiger partial charge in [-0.25, -0.2) is 4.98 Å². The van der Waals surface area contributed by atoms with E-state index in [0.29, 0.717) is 30.5 Å². The van der Waals surface area contributed by atoms with Crippen LogP contribution in [-0.2, 0) is 13.0 Å². The first-order valence-electron chi connectivity index (χ1n) is 6.98. The molecule has 1 aliphatic rings. The summed E-state index contributed by atoms with van der Waals surface area (Å²) in [7, 11) is 0. The van der Waals surface area contributed by atoms with Gasteiger partial charge in [0.05, 0.1) is 18.8 Å². The molecule has 1 aliphatic heterocycles. The van der Waals surface area contributed by atoms with Crippen LogP contribution in [0.1, 0.15) is 30.2 Å². The first-order valence-corrected chi connectivity index (χ1v) is 6.98. The number of aromatic nitrogens is 1. The Hall–Kier alpha value is -2.05. The van der Waals surface area contributed by atoms with Crippen molar-refractivity contribution in [1.82, 2.24) is 10.3 Å². The molecule has 0 bridgehead atoms. The van der Waals surface area contributed by atoms with Gasteiger partial charge in [-0.05, 0) is 17.7 Å². The molecular weight excluding hydrogens is 272 g/mol. The zero-order valence-electron chi connectivity index (χ0n) is 11.8. The van der Waals surface area contributed by atoms with E-state index in [2.05, 4.69) is 10.3 Å². The first kappa shape index (κ1) is 13.9. The van der Waals surface area contributed by atoms with Crippen LogP contribution in [0.3, 0.4) is 0 Å². The van der Waals surface area contributed by atoms with Crippen LogP contribution in [0.25, 0.3) is 0 Å². The standard InChI is InChI=1S/C15H18N2O4/c1-2-11-6-17-15(21-11)8-16-7-12(18)10-3-4-13-14(5-10)20-9-19-13/h3-6,12,16,18H,2,7-9H2,1H3. The van der Waals surface area contributed by atoms with E-state index in [-0.39, 0.29) is 6.79 Å². The fraction of sp³-hybridized carbons (Fsp3) is 0.400. The van der Waals surface area contributed by atoms with Crippen LogP contribution >= 0.6 is 0 Å². The number of rotatable bonds is 6. The summed E-state index contributed by atoms with van der Waals surface area (Å²) in [6.45, 7) is 3.14. The molecule has 0 amide bonds. The fourth-order valence-electron chi connectivity index (χ4n) is 2.15. The quantitative estimate of drug-likeness (QED) is 0.844. The summed E-state index contributed by atoms with van der Waals surface area (Å²) in [4.78, 5) is 4.16. The molecule has 6 nitrogen and oxygen atoms in total. The number of oxazole rings is 1. The van der Waals surface area contributed by atoms with Gasteiger partial charge in [0.1, 0.15) is 5.76 Å². The Kier molecular flexibility index (Phi) is 4.08. The highest BCUT2D eigenvalue weighted by Gasteiger charge is 2.16. The van der Waals surface area contributed by atoms with Gasteiger partial charge in [0, 0.05) is 13.0 Å². The average Bonchev–Trinajstić information content (AvgIpc) is 3.14. The summed E-state index contributed by atoms with van der Waals surface area (Å²) in [5.74, 6) is 2.88. The second-order valence-electron chi connectivity index (χ2n) is 4.83. The van der Waals surface area contributed by atoms with Crippen molar-refractivity contribution in [2.45, 2.75) is 26.0 Å². The van der Waals surface area contributed by atoms with E-state index in [1.54, 1.807) is 12.3 Å². The summed E-state index contributed by atoms with van der Waals surface area (Å²) in [6.07, 6.45) is 1.93. The molecule has 0 spiro atoms. The molecule has 0 radical (unpaired) electrons. The number of aliphatic hydroxyl groups is 1. The number of benzene rings is 1. The molecule has 1 aromatic heterocycles. The molecule has 0 aliphatic carbocycles.